The van der Waals surface area contributed by atoms with Crippen LogP contribution in [0.4, 0.5) is 0 Å². The Morgan fingerprint density at radius 3 is 2.65 bits per heavy atom. The third kappa shape index (κ3) is 7.95. The number of aryl methyl sites for hydroxylation is 1. The lowest BCUT2D eigenvalue weighted by molar-refractivity contribution is 0.0697. The Labute approximate surface area is 241 Å². The first-order valence-electron chi connectivity index (χ1n) is 13.9. The normalized spacial score (nSPS) is 17.7. The predicted octanol–water partition coefficient (Wildman–Crippen LogP) is 4.58. The molecule has 3 heterocycles. The number of hydrogen-bond acceptors (Lipinski definition) is 7. The van der Waals surface area contributed by atoms with Crippen molar-refractivity contribution in [2.24, 2.45) is 0 Å². The van der Waals surface area contributed by atoms with Gasteiger partial charge in [0.15, 0.2) is 0 Å². The van der Waals surface area contributed by atoms with Gasteiger partial charge in [-0.1, -0.05) is 24.6 Å². The Morgan fingerprint density at radius 2 is 1.88 bits per heavy atom. The van der Waals surface area contributed by atoms with Crippen molar-refractivity contribution in [3.8, 4) is 22.6 Å². The summed E-state index contributed by atoms with van der Waals surface area (Å²) in [6, 6.07) is 16.8. The molecule has 2 atom stereocenters. The van der Waals surface area contributed by atoms with Gasteiger partial charge in [0.25, 0.3) is 0 Å². The second-order valence-corrected chi connectivity index (χ2v) is 10.4. The maximum absolute atomic E-state index is 11.1. The van der Waals surface area contributed by atoms with Gasteiger partial charge in [-0.25, -0.2) is 4.79 Å². The fraction of sp³-hybridized carbons (Fsp3) is 0.419. The van der Waals surface area contributed by atoms with Gasteiger partial charge >= 0.3 is 5.97 Å². The number of hydrogen-bond donors (Lipinski definition) is 3. The highest BCUT2D eigenvalue weighted by molar-refractivity contribution is 5.88. The van der Waals surface area contributed by atoms with E-state index < -0.39 is 12.1 Å². The molecule has 5 rings (SSSR count). The largest absolute Gasteiger partial charge is 0.489 e. The topological polar surface area (TPSA) is 104 Å². The molecular formula is C31H38ClN3O5. The zero-order chi connectivity index (χ0) is 27.0. The van der Waals surface area contributed by atoms with Crippen molar-refractivity contribution in [2.75, 3.05) is 32.8 Å². The molecule has 0 unspecified atom stereocenters. The SMILES string of the molecule is Cl.O=C(O)c1ccc(-c2ccc3c(c2)CC[C@H](CNC[C@H](O)COc2cccnc2CN2CCCCC2)O3)cc1. The van der Waals surface area contributed by atoms with Gasteiger partial charge in [0, 0.05) is 25.8 Å². The van der Waals surface area contributed by atoms with Crippen LogP contribution in [0.3, 0.4) is 0 Å². The van der Waals surface area contributed by atoms with Crippen molar-refractivity contribution < 1.29 is 24.5 Å². The number of carboxylic acid groups (broad SMARTS) is 1. The summed E-state index contributed by atoms with van der Waals surface area (Å²) >= 11 is 0. The van der Waals surface area contributed by atoms with Crippen LogP contribution < -0.4 is 14.8 Å². The standard InChI is InChI=1S/C31H37N3O5.ClH/c35-26(21-38-30-5-4-14-33-28(30)20-34-15-2-1-3-16-34)18-32-19-27-12-10-25-17-24(11-13-29(25)39-27)22-6-8-23(9-7-22)31(36)37;/h4-9,11,13-14,17,26-27,32,35H,1-3,10,12,15-16,18-21H2,(H,36,37);1H/t26-,27+;/m0./s1. The molecule has 1 saturated heterocycles. The highest BCUT2D eigenvalue weighted by Crippen LogP contribution is 2.32. The average molecular weight is 568 g/mol. The van der Waals surface area contributed by atoms with Crippen molar-refractivity contribution in [1.82, 2.24) is 15.2 Å². The Kier molecular flexibility index (Phi) is 10.8. The summed E-state index contributed by atoms with van der Waals surface area (Å²) in [7, 11) is 0. The van der Waals surface area contributed by atoms with E-state index in [9.17, 15) is 9.90 Å². The summed E-state index contributed by atoms with van der Waals surface area (Å²) in [5.74, 6) is 0.693. The Morgan fingerprint density at radius 1 is 1.10 bits per heavy atom. The molecule has 3 N–H and O–H groups in total. The molecule has 214 valence electrons. The fourth-order valence-electron chi connectivity index (χ4n) is 5.23. The van der Waals surface area contributed by atoms with Gasteiger partial charge in [-0.05, 0) is 91.9 Å². The third-order valence-electron chi connectivity index (χ3n) is 7.41. The first-order valence-corrected chi connectivity index (χ1v) is 13.9. The van der Waals surface area contributed by atoms with E-state index in [4.69, 9.17) is 14.6 Å². The Bertz CT molecular complexity index is 1250. The first kappa shape index (κ1) is 29.8. The Hall–Kier alpha value is -3.17. The number of carbonyl (C=O) groups is 1. The van der Waals surface area contributed by atoms with E-state index in [0.29, 0.717) is 13.1 Å². The molecule has 2 aliphatic heterocycles. The van der Waals surface area contributed by atoms with E-state index in [2.05, 4.69) is 21.3 Å². The number of carboxylic acids is 1. The van der Waals surface area contributed by atoms with Crippen LogP contribution in [0.2, 0.25) is 0 Å². The molecule has 0 amide bonds. The van der Waals surface area contributed by atoms with E-state index in [1.807, 2.05) is 36.4 Å². The molecule has 2 aliphatic rings. The number of ether oxygens (including phenoxy) is 2. The molecule has 40 heavy (non-hydrogen) atoms. The summed E-state index contributed by atoms with van der Waals surface area (Å²) in [4.78, 5) is 18.0. The van der Waals surface area contributed by atoms with Crippen LogP contribution in [0, 0.1) is 0 Å². The van der Waals surface area contributed by atoms with Gasteiger partial charge in [0.1, 0.15) is 30.3 Å². The van der Waals surface area contributed by atoms with Crippen molar-refractivity contribution in [3.63, 3.8) is 0 Å². The average Bonchev–Trinajstić information content (AvgIpc) is 2.97. The van der Waals surface area contributed by atoms with Crippen LogP contribution in [0.1, 0.15) is 47.3 Å². The molecule has 1 fully saturated rings. The molecule has 3 aromatic rings. The molecule has 9 heteroatoms. The Balaban J connectivity index is 0.00000370. The second kappa shape index (κ2) is 14.5. The summed E-state index contributed by atoms with van der Waals surface area (Å²) in [6.45, 7) is 4.24. The zero-order valence-electron chi connectivity index (χ0n) is 22.6. The highest BCUT2D eigenvalue weighted by atomic mass is 35.5. The molecule has 0 aliphatic carbocycles. The van der Waals surface area contributed by atoms with Crippen LogP contribution in [0.15, 0.2) is 60.8 Å². The molecule has 8 nitrogen and oxygen atoms in total. The lowest BCUT2D eigenvalue weighted by atomic mass is 9.96. The molecule has 0 radical (unpaired) electrons. The summed E-state index contributed by atoms with van der Waals surface area (Å²) in [5.41, 5.74) is 4.38. The molecule has 0 spiro atoms. The number of benzene rings is 2. The van der Waals surface area contributed by atoms with E-state index >= 15 is 0 Å². The minimum atomic E-state index is -0.925. The van der Waals surface area contributed by atoms with Gasteiger partial charge in [0.2, 0.25) is 0 Å². The molecule has 0 saturated carbocycles. The van der Waals surface area contributed by atoms with Gasteiger partial charge in [-0.3, -0.25) is 9.88 Å². The maximum atomic E-state index is 11.1. The fourth-order valence-corrected chi connectivity index (χ4v) is 5.23. The lowest BCUT2D eigenvalue weighted by Crippen LogP contribution is -2.39. The number of fused-ring (bicyclic) bond motifs is 1. The third-order valence-corrected chi connectivity index (χ3v) is 7.41. The quantitative estimate of drug-likeness (QED) is 0.309. The number of aliphatic hydroxyl groups is 1. The van der Waals surface area contributed by atoms with E-state index in [1.54, 1.807) is 18.3 Å². The van der Waals surface area contributed by atoms with Gasteiger partial charge in [-0.15, -0.1) is 12.4 Å². The van der Waals surface area contributed by atoms with Gasteiger partial charge < -0.3 is 25.0 Å². The number of halogens is 1. The summed E-state index contributed by atoms with van der Waals surface area (Å²) in [5, 5.41) is 22.9. The number of aromatic carboxylic acids is 1. The van der Waals surface area contributed by atoms with Crippen molar-refractivity contribution >= 4 is 18.4 Å². The molecular weight excluding hydrogens is 530 g/mol. The number of aromatic nitrogens is 1. The molecule has 2 aromatic carbocycles. The highest BCUT2D eigenvalue weighted by Gasteiger charge is 2.21. The second-order valence-electron chi connectivity index (χ2n) is 10.4. The summed E-state index contributed by atoms with van der Waals surface area (Å²) in [6.07, 6.45) is 6.72. The number of nitrogens with one attached hydrogen (secondary N) is 1. The first-order chi connectivity index (χ1) is 19.0. The lowest BCUT2D eigenvalue weighted by Gasteiger charge is -2.27. The van der Waals surface area contributed by atoms with Crippen LogP contribution in [-0.2, 0) is 13.0 Å². The monoisotopic (exact) mass is 567 g/mol. The van der Waals surface area contributed by atoms with Gasteiger partial charge in [0.05, 0.1) is 11.3 Å². The number of aliphatic hydroxyl groups excluding tert-OH is 1. The molecule has 0 bridgehead atoms. The number of nitrogens with zero attached hydrogens (tertiary/aromatic N) is 2. The smallest absolute Gasteiger partial charge is 0.335 e. The minimum absolute atomic E-state index is 0. The van der Waals surface area contributed by atoms with Gasteiger partial charge in [-0.2, -0.15) is 0 Å². The van der Waals surface area contributed by atoms with E-state index in [1.165, 1.54) is 19.3 Å². The number of rotatable bonds is 11. The van der Waals surface area contributed by atoms with Crippen LogP contribution in [0.5, 0.6) is 11.5 Å². The van der Waals surface area contributed by atoms with E-state index in [-0.39, 0.29) is 30.7 Å². The van der Waals surface area contributed by atoms with Crippen LogP contribution >= 0.6 is 12.4 Å². The molecule has 1 aromatic heterocycles. The zero-order valence-corrected chi connectivity index (χ0v) is 23.4. The minimum Gasteiger partial charge on any atom is -0.489 e. The summed E-state index contributed by atoms with van der Waals surface area (Å²) < 4.78 is 12.2. The van der Waals surface area contributed by atoms with Crippen molar-refractivity contribution in [1.29, 1.82) is 0 Å². The van der Waals surface area contributed by atoms with Crippen molar-refractivity contribution in [3.05, 3.63) is 77.6 Å². The van der Waals surface area contributed by atoms with Crippen molar-refractivity contribution in [2.45, 2.75) is 50.9 Å². The predicted molar refractivity (Wildman–Crippen MR) is 157 cm³/mol. The van der Waals surface area contributed by atoms with Crippen LogP contribution in [-0.4, -0.2) is 71.1 Å². The number of piperidine rings is 1. The van der Waals surface area contributed by atoms with E-state index in [0.717, 1.165) is 66.4 Å². The van der Waals surface area contributed by atoms with Crippen LogP contribution in [0.25, 0.3) is 11.1 Å². The number of pyridine rings is 1. The number of likely N-dealkylation sites (tertiary alicyclic amines) is 1. The maximum Gasteiger partial charge on any atom is 0.335 e.